The molecule has 0 spiro atoms. The zero-order valence-electron chi connectivity index (χ0n) is 15.5. The number of piperidine rings is 1. The number of hydrogen-bond acceptors (Lipinski definition) is 3. The zero-order chi connectivity index (χ0) is 17.6. The minimum atomic E-state index is 0.400. The summed E-state index contributed by atoms with van der Waals surface area (Å²) >= 11 is 0. The third-order valence-corrected chi connectivity index (χ3v) is 5.65. The number of nitrogens with one attached hydrogen (secondary N) is 2. The fraction of sp³-hybridized carbons (Fsp3) is 0.478. The van der Waals surface area contributed by atoms with E-state index >= 15 is 0 Å². The highest BCUT2D eigenvalue weighted by molar-refractivity contribution is 5.48. The van der Waals surface area contributed by atoms with Crippen molar-refractivity contribution in [2.75, 3.05) is 11.9 Å². The molecule has 1 aliphatic carbocycles. The first-order valence-corrected chi connectivity index (χ1v) is 10.2. The van der Waals surface area contributed by atoms with Crippen molar-refractivity contribution in [2.24, 2.45) is 0 Å². The highest BCUT2D eigenvalue weighted by atomic mass is 16.5. The van der Waals surface area contributed by atoms with Crippen LogP contribution in [0.5, 0.6) is 5.75 Å². The first kappa shape index (κ1) is 17.4. The van der Waals surface area contributed by atoms with Crippen LogP contribution in [0.2, 0.25) is 0 Å². The van der Waals surface area contributed by atoms with Crippen LogP contribution in [0, 0.1) is 0 Å². The van der Waals surface area contributed by atoms with E-state index in [-0.39, 0.29) is 0 Å². The van der Waals surface area contributed by atoms with Gasteiger partial charge in [0.25, 0.3) is 0 Å². The highest BCUT2D eigenvalue weighted by Gasteiger charge is 2.18. The summed E-state index contributed by atoms with van der Waals surface area (Å²) in [6, 6.07) is 17.8. The number of hydrogen-bond donors (Lipinski definition) is 2. The summed E-state index contributed by atoms with van der Waals surface area (Å²) in [6.45, 7) is 1.93. The van der Waals surface area contributed by atoms with Gasteiger partial charge < -0.3 is 15.4 Å². The summed E-state index contributed by atoms with van der Waals surface area (Å²) < 4.78 is 6.26. The second kappa shape index (κ2) is 8.59. The van der Waals surface area contributed by atoms with E-state index in [1.165, 1.54) is 61.8 Å². The van der Waals surface area contributed by atoms with Crippen LogP contribution >= 0.6 is 0 Å². The number of benzene rings is 2. The molecule has 2 aliphatic rings. The van der Waals surface area contributed by atoms with Gasteiger partial charge in [-0.15, -0.1) is 0 Å². The average Bonchev–Trinajstić information content (AvgIpc) is 3.21. The second-order valence-corrected chi connectivity index (χ2v) is 7.61. The van der Waals surface area contributed by atoms with E-state index in [1.54, 1.807) is 0 Å². The Labute approximate surface area is 157 Å². The van der Waals surface area contributed by atoms with Crippen LogP contribution in [0.4, 0.5) is 5.69 Å². The van der Waals surface area contributed by atoms with Gasteiger partial charge in [-0.05, 0) is 68.8 Å². The van der Waals surface area contributed by atoms with E-state index in [2.05, 4.69) is 59.2 Å². The molecule has 1 saturated heterocycles. The fourth-order valence-electron chi connectivity index (χ4n) is 4.15. The summed E-state index contributed by atoms with van der Waals surface area (Å²) in [6.07, 6.45) is 9.24. The van der Waals surface area contributed by atoms with E-state index in [1.807, 2.05) is 0 Å². The molecule has 1 aliphatic heterocycles. The van der Waals surface area contributed by atoms with Crippen molar-refractivity contribution in [1.29, 1.82) is 0 Å². The molecule has 2 fully saturated rings. The average molecular weight is 351 g/mol. The molecule has 0 unspecified atom stereocenters. The smallest absolute Gasteiger partial charge is 0.124 e. The Balaban J connectivity index is 1.41. The lowest BCUT2D eigenvalue weighted by Gasteiger charge is -2.24. The first-order chi connectivity index (χ1) is 12.9. The van der Waals surface area contributed by atoms with E-state index in [0.29, 0.717) is 12.1 Å². The molecule has 1 heterocycles. The van der Waals surface area contributed by atoms with Gasteiger partial charge in [-0.25, -0.2) is 0 Å². The number of para-hydroxylation sites is 1. The maximum Gasteiger partial charge on any atom is 0.124 e. The third-order valence-electron chi connectivity index (χ3n) is 5.65. The van der Waals surface area contributed by atoms with Crippen molar-refractivity contribution in [1.82, 2.24) is 5.32 Å². The minimum absolute atomic E-state index is 0.400. The van der Waals surface area contributed by atoms with Crippen molar-refractivity contribution < 1.29 is 4.74 Å². The first-order valence-electron chi connectivity index (χ1n) is 10.2. The molecule has 0 aromatic heterocycles. The molecule has 138 valence electrons. The predicted octanol–water partition coefficient (Wildman–Crippen LogP) is 5.43. The van der Waals surface area contributed by atoms with Crippen molar-refractivity contribution in [3.63, 3.8) is 0 Å². The van der Waals surface area contributed by atoms with Gasteiger partial charge in [-0.2, -0.15) is 0 Å². The predicted molar refractivity (Wildman–Crippen MR) is 108 cm³/mol. The molecule has 2 aromatic carbocycles. The standard InChI is InChI=1S/C23H30N2O/c1-4-14-23(26-21-11-2-3-12-21)19(8-1)17-25-20-10-7-9-18(16-20)22-13-5-6-15-24-22/h1,4,7-10,14,16,21-22,24-25H,2-3,5-6,11-13,15,17H2/t22-/m0/s1. The van der Waals surface area contributed by atoms with Crippen LogP contribution in [0.15, 0.2) is 48.5 Å². The van der Waals surface area contributed by atoms with Gasteiger partial charge in [-0.3, -0.25) is 0 Å². The van der Waals surface area contributed by atoms with Gasteiger partial charge in [0.2, 0.25) is 0 Å². The Hall–Kier alpha value is -2.00. The van der Waals surface area contributed by atoms with Crippen molar-refractivity contribution in [3.05, 3.63) is 59.7 Å². The van der Waals surface area contributed by atoms with Gasteiger partial charge >= 0.3 is 0 Å². The quantitative estimate of drug-likeness (QED) is 0.728. The minimum Gasteiger partial charge on any atom is -0.490 e. The summed E-state index contributed by atoms with van der Waals surface area (Å²) in [4.78, 5) is 0. The van der Waals surface area contributed by atoms with E-state index in [4.69, 9.17) is 4.74 Å². The van der Waals surface area contributed by atoms with Gasteiger partial charge in [0, 0.05) is 23.8 Å². The second-order valence-electron chi connectivity index (χ2n) is 7.61. The largest absolute Gasteiger partial charge is 0.490 e. The van der Waals surface area contributed by atoms with E-state index < -0.39 is 0 Å². The summed E-state index contributed by atoms with van der Waals surface area (Å²) in [7, 11) is 0. The Bertz CT molecular complexity index is 703. The molecule has 1 saturated carbocycles. The van der Waals surface area contributed by atoms with Crippen LogP contribution in [0.1, 0.15) is 62.1 Å². The number of ether oxygens (including phenoxy) is 1. The molecule has 26 heavy (non-hydrogen) atoms. The SMILES string of the molecule is c1cc(NCc2ccccc2OC2CCCC2)cc([C@@H]2CCCCN2)c1. The Morgan fingerprint density at radius 2 is 1.77 bits per heavy atom. The molecule has 3 nitrogen and oxygen atoms in total. The van der Waals surface area contributed by atoms with Gasteiger partial charge in [-0.1, -0.05) is 36.8 Å². The highest BCUT2D eigenvalue weighted by Crippen LogP contribution is 2.28. The third kappa shape index (κ3) is 4.39. The fourth-order valence-corrected chi connectivity index (χ4v) is 4.15. The van der Waals surface area contributed by atoms with Gasteiger partial charge in [0.15, 0.2) is 0 Å². The lowest BCUT2D eigenvalue weighted by atomic mass is 9.97. The van der Waals surface area contributed by atoms with E-state index in [9.17, 15) is 0 Å². The lowest BCUT2D eigenvalue weighted by molar-refractivity contribution is 0.208. The number of rotatable bonds is 6. The normalized spacial score (nSPS) is 20.8. The van der Waals surface area contributed by atoms with E-state index in [0.717, 1.165) is 18.8 Å². The maximum absolute atomic E-state index is 6.26. The summed E-state index contributed by atoms with van der Waals surface area (Å²) in [5, 5.41) is 7.24. The molecule has 0 amide bonds. The Morgan fingerprint density at radius 1 is 0.923 bits per heavy atom. The summed E-state index contributed by atoms with van der Waals surface area (Å²) in [5.74, 6) is 1.04. The molecule has 3 heteroatoms. The number of anilines is 1. The maximum atomic E-state index is 6.26. The van der Waals surface area contributed by atoms with Gasteiger partial charge in [0.1, 0.15) is 5.75 Å². The monoisotopic (exact) mass is 350 g/mol. The Kier molecular flexibility index (Phi) is 5.75. The molecule has 4 rings (SSSR count). The molecule has 2 aromatic rings. The molecule has 1 atom stereocenters. The van der Waals surface area contributed by atoms with Crippen LogP contribution in [-0.2, 0) is 6.54 Å². The van der Waals surface area contributed by atoms with Crippen molar-refractivity contribution in [3.8, 4) is 5.75 Å². The Morgan fingerprint density at radius 3 is 2.62 bits per heavy atom. The molecular weight excluding hydrogens is 320 g/mol. The zero-order valence-corrected chi connectivity index (χ0v) is 15.5. The molecule has 2 N–H and O–H groups in total. The van der Waals surface area contributed by atoms with Crippen molar-refractivity contribution in [2.45, 2.75) is 63.6 Å². The lowest BCUT2D eigenvalue weighted by Crippen LogP contribution is -2.26. The molecule has 0 radical (unpaired) electrons. The molecule has 0 bridgehead atoms. The van der Waals surface area contributed by atoms with Crippen molar-refractivity contribution >= 4 is 5.69 Å². The summed E-state index contributed by atoms with van der Waals surface area (Å²) in [5.41, 5.74) is 3.82. The van der Waals surface area contributed by atoms with Crippen LogP contribution < -0.4 is 15.4 Å². The topological polar surface area (TPSA) is 33.3 Å². The van der Waals surface area contributed by atoms with Crippen LogP contribution in [0.3, 0.4) is 0 Å². The van der Waals surface area contributed by atoms with Gasteiger partial charge in [0.05, 0.1) is 6.10 Å². The molecular formula is C23H30N2O. The van der Waals surface area contributed by atoms with Crippen LogP contribution in [0.25, 0.3) is 0 Å². The van der Waals surface area contributed by atoms with Crippen LogP contribution in [-0.4, -0.2) is 12.6 Å².